The lowest BCUT2D eigenvalue weighted by Gasteiger charge is -2.11. The number of nitrogens with zero attached hydrogens (tertiary/aromatic N) is 1. The lowest BCUT2D eigenvalue weighted by molar-refractivity contribution is -0.119. The number of hydrogen-bond donors (Lipinski definition) is 2. The van der Waals surface area contributed by atoms with Crippen LogP contribution in [0.4, 0.5) is 4.39 Å². The van der Waals surface area contributed by atoms with Crippen molar-refractivity contribution >= 4 is 40.8 Å². The van der Waals surface area contributed by atoms with Crippen LogP contribution in [-0.2, 0) is 11.3 Å². The number of halogens is 2. The number of nitrogens with one attached hydrogen (secondary N) is 2. The normalized spacial score (nSPS) is 19.1. The summed E-state index contributed by atoms with van der Waals surface area (Å²) in [5, 5.41) is 2.94. The van der Waals surface area contributed by atoms with Crippen molar-refractivity contribution in [2.24, 2.45) is 0 Å². The highest BCUT2D eigenvalue weighted by atomic mass is 35.5. The van der Waals surface area contributed by atoms with E-state index < -0.39 is 5.82 Å². The molecular formula is C12H11ClFN3OS. The van der Waals surface area contributed by atoms with E-state index >= 15 is 0 Å². The maximum atomic E-state index is 13.4. The van der Waals surface area contributed by atoms with Gasteiger partial charge in [-0.15, -0.1) is 0 Å². The second kappa shape index (κ2) is 4.61. The van der Waals surface area contributed by atoms with Gasteiger partial charge in [0, 0.05) is 25.1 Å². The highest BCUT2D eigenvalue weighted by Gasteiger charge is 2.22. The van der Waals surface area contributed by atoms with Gasteiger partial charge in [-0.1, -0.05) is 11.6 Å². The van der Waals surface area contributed by atoms with Gasteiger partial charge in [-0.3, -0.25) is 4.79 Å². The van der Waals surface area contributed by atoms with Crippen LogP contribution in [0.5, 0.6) is 0 Å². The van der Waals surface area contributed by atoms with Crippen LogP contribution in [0.25, 0.3) is 11.0 Å². The van der Waals surface area contributed by atoms with Crippen LogP contribution in [0.3, 0.4) is 0 Å². The predicted molar refractivity (Wildman–Crippen MR) is 73.3 cm³/mol. The van der Waals surface area contributed by atoms with Crippen LogP contribution >= 0.6 is 23.8 Å². The monoisotopic (exact) mass is 299 g/mol. The van der Waals surface area contributed by atoms with E-state index in [9.17, 15) is 9.18 Å². The Balaban J connectivity index is 2.03. The Morgan fingerprint density at radius 3 is 3.00 bits per heavy atom. The number of imidazole rings is 1. The van der Waals surface area contributed by atoms with E-state index in [0.29, 0.717) is 23.3 Å². The summed E-state index contributed by atoms with van der Waals surface area (Å²) < 4.78 is 15.7. The molecule has 0 saturated carbocycles. The number of aromatic amines is 1. The van der Waals surface area contributed by atoms with Crippen LogP contribution in [-0.4, -0.2) is 21.5 Å². The van der Waals surface area contributed by atoms with E-state index in [1.54, 1.807) is 6.07 Å². The van der Waals surface area contributed by atoms with E-state index in [-0.39, 0.29) is 17.0 Å². The molecule has 2 aromatic rings. The van der Waals surface area contributed by atoms with Crippen molar-refractivity contribution < 1.29 is 9.18 Å². The largest absolute Gasteiger partial charge is 0.352 e. The topological polar surface area (TPSA) is 49.8 Å². The molecule has 1 aromatic heterocycles. The molecule has 0 spiro atoms. The first-order valence-corrected chi connectivity index (χ1v) is 6.70. The molecule has 0 aliphatic carbocycles. The average Bonchev–Trinajstić information content (AvgIpc) is 2.87. The molecule has 1 aromatic carbocycles. The van der Waals surface area contributed by atoms with Gasteiger partial charge in [0.2, 0.25) is 5.91 Å². The van der Waals surface area contributed by atoms with Crippen LogP contribution in [0.15, 0.2) is 12.1 Å². The van der Waals surface area contributed by atoms with Crippen molar-refractivity contribution in [3.8, 4) is 0 Å². The number of rotatable bonds is 2. The summed E-state index contributed by atoms with van der Waals surface area (Å²) in [6.07, 6.45) is 1.32. The number of H-pyrrole nitrogens is 1. The summed E-state index contributed by atoms with van der Waals surface area (Å²) in [4.78, 5) is 14.2. The third-order valence-electron chi connectivity index (χ3n) is 3.30. The summed E-state index contributed by atoms with van der Waals surface area (Å²) in [6, 6.07) is 2.94. The van der Waals surface area contributed by atoms with Crippen molar-refractivity contribution in [1.82, 2.24) is 14.9 Å². The fourth-order valence-corrected chi connectivity index (χ4v) is 2.81. The number of amides is 1. The molecule has 1 fully saturated rings. The fraction of sp³-hybridized carbons (Fsp3) is 0.333. The minimum atomic E-state index is -0.480. The summed E-state index contributed by atoms with van der Waals surface area (Å²) in [5.41, 5.74) is 1.36. The van der Waals surface area contributed by atoms with Gasteiger partial charge in [-0.25, -0.2) is 4.39 Å². The number of hydrogen-bond acceptors (Lipinski definition) is 2. The molecule has 1 aliphatic heterocycles. The second-order valence-corrected chi connectivity index (χ2v) is 5.42. The Morgan fingerprint density at radius 2 is 2.32 bits per heavy atom. The summed E-state index contributed by atoms with van der Waals surface area (Å²) in [6.45, 7) is 0.562. The Labute approximate surface area is 118 Å². The van der Waals surface area contributed by atoms with Gasteiger partial charge in [-0.2, -0.15) is 0 Å². The zero-order valence-electron chi connectivity index (χ0n) is 9.87. The molecule has 3 rings (SSSR count). The third kappa shape index (κ3) is 2.26. The average molecular weight is 300 g/mol. The van der Waals surface area contributed by atoms with Gasteiger partial charge in [-0.05, 0) is 24.7 Å². The molecule has 1 unspecified atom stereocenters. The summed E-state index contributed by atoms with van der Waals surface area (Å²) in [5.74, 6) is -0.424. The maximum Gasteiger partial charge on any atom is 0.220 e. The van der Waals surface area contributed by atoms with Crippen LogP contribution in [0.1, 0.15) is 12.8 Å². The molecule has 0 bridgehead atoms. The highest BCUT2D eigenvalue weighted by Crippen LogP contribution is 2.23. The molecule has 100 valence electrons. The van der Waals surface area contributed by atoms with Crippen molar-refractivity contribution in [3.05, 3.63) is 27.7 Å². The summed E-state index contributed by atoms with van der Waals surface area (Å²) >= 11 is 11.0. The Bertz CT molecular complexity index is 724. The van der Waals surface area contributed by atoms with E-state index in [1.807, 2.05) is 4.57 Å². The SMILES string of the molecule is O=C1CCC(Cn2c(=S)[nH]c3cc(F)c(Cl)cc32)N1. The Morgan fingerprint density at radius 1 is 1.53 bits per heavy atom. The van der Waals surface area contributed by atoms with Gasteiger partial charge in [0.1, 0.15) is 5.82 Å². The molecule has 1 atom stereocenters. The molecule has 19 heavy (non-hydrogen) atoms. The lowest BCUT2D eigenvalue weighted by atomic mass is 10.2. The van der Waals surface area contributed by atoms with E-state index in [0.717, 1.165) is 11.9 Å². The Kier molecular flexibility index (Phi) is 3.06. The molecule has 2 heterocycles. The molecule has 7 heteroatoms. The molecule has 1 amide bonds. The summed E-state index contributed by atoms with van der Waals surface area (Å²) in [7, 11) is 0. The first-order valence-electron chi connectivity index (χ1n) is 5.91. The molecule has 2 N–H and O–H groups in total. The van der Waals surface area contributed by atoms with Gasteiger partial charge in [0.15, 0.2) is 4.77 Å². The standard InChI is InChI=1S/C12H11ClFN3OS/c13-7-3-10-9(4-8(7)14)16-12(19)17(10)5-6-1-2-11(18)15-6/h3-4,6H,1-2,5H2,(H,15,18)(H,16,19). The fourth-order valence-electron chi connectivity index (χ4n) is 2.37. The first kappa shape index (κ1) is 12.6. The smallest absolute Gasteiger partial charge is 0.220 e. The molecular weight excluding hydrogens is 289 g/mol. The number of benzene rings is 1. The first-order chi connectivity index (χ1) is 9.04. The number of aromatic nitrogens is 2. The minimum absolute atomic E-state index is 0.0560. The number of fused-ring (bicyclic) bond motifs is 1. The second-order valence-electron chi connectivity index (χ2n) is 4.63. The zero-order chi connectivity index (χ0) is 13.6. The number of carbonyl (C=O) groups is 1. The highest BCUT2D eigenvalue weighted by molar-refractivity contribution is 7.71. The minimum Gasteiger partial charge on any atom is -0.352 e. The predicted octanol–water partition coefficient (Wildman–Crippen LogP) is 2.77. The lowest BCUT2D eigenvalue weighted by Crippen LogP contribution is -2.29. The van der Waals surface area contributed by atoms with E-state index in [2.05, 4.69) is 10.3 Å². The van der Waals surface area contributed by atoms with Gasteiger partial charge >= 0.3 is 0 Å². The van der Waals surface area contributed by atoms with Gasteiger partial charge < -0.3 is 14.9 Å². The molecule has 0 radical (unpaired) electrons. The zero-order valence-corrected chi connectivity index (χ0v) is 11.4. The van der Waals surface area contributed by atoms with Crippen LogP contribution < -0.4 is 5.32 Å². The van der Waals surface area contributed by atoms with Crippen LogP contribution in [0.2, 0.25) is 5.02 Å². The van der Waals surface area contributed by atoms with Gasteiger partial charge in [0.25, 0.3) is 0 Å². The van der Waals surface area contributed by atoms with E-state index in [1.165, 1.54) is 6.07 Å². The van der Waals surface area contributed by atoms with Gasteiger partial charge in [0.05, 0.1) is 16.1 Å². The van der Waals surface area contributed by atoms with Crippen molar-refractivity contribution in [2.75, 3.05) is 0 Å². The molecule has 4 nitrogen and oxygen atoms in total. The molecule has 1 saturated heterocycles. The van der Waals surface area contributed by atoms with Crippen molar-refractivity contribution in [1.29, 1.82) is 0 Å². The van der Waals surface area contributed by atoms with E-state index in [4.69, 9.17) is 23.8 Å². The van der Waals surface area contributed by atoms with Crippen LogP contribution in [0, 0.1) is 10.6 Å². The third-order valence-corrected chi connectivity index (χ3v) is 3.92. The van der Waals surface area contributed by atoms with Crippen molar-refractivity contribution in [2.45, 2.75) is 25.4 Å². The maximum absolute atomic E-state index is 13.4. The Hall–Kier alpha value is -1.40. The van der Waals surface area contributed by atoms with Crippen molar-refractivity contribution in [3.63, 3.8) is 0 Å². The quantitative estimate of drug-likeness (QED) is 0.838. The number of carbonyl (C=O) groups excluding carboxylic acids is 1. The molecule has 1 aliphatic rings.